The minimum atomic E-state index is -0.0961. The maximum atomic E-state index is 9.16. The van der Waals surface area contributed by atoms with Gasteiger partial charge in [-0.1, -0.05) is 30.3 Å². The molecule has 0 heterocycles. The van der Waals surface area contributed by atoms with Crippen molar-refractivity contribution in [2.75, 3.05) is 18.5 Å². The fraction of sp³-hybridized carbons (Fsp3) is 0.286. The minimum absolute atomic E-state index is 0.0212. The summed E-state index contributed by atoms with van der Waals surface area (Å²) in [6.07, 6.45) is 0.545. The van der Waals surface area contributed by atoms with Crippen LogP contribution in [0.2, 0.25) is 0 Å². The summed E-state index contributed by atoms with van der Waals surface area (Å²) in [5.41, 5.74) is 0.969. The molecule has 0 bridgehead atoms. The average Bonchev–Trinajstić information content (AvgIpc) is 2.38. The Morgan fingerprint density at radius 3 is 2.47 bits per heavy atom. The van der Waals surface area contributed by atoms with Crippen molar-refractivity contribution in [2.24, 2.45) is 0 Å². The molecule has 0 fully saturated rings. The van der Waals surface area contributed by atoms with E-state index >= 15 is 0 Å². The molecule has 90 valence electrons. The fourth-order valence-corrected chi connectivity index (χ4v) is 1.88. The lowest BCUT2D eigenvalue weighted by molar-refractivity contribution is 0.229. The van der Waals surface area contributed by atoms with E-state index in [0.29, 0.717) is 6.42 Å². The molecule has 3 nitrogen and oxygen atoms in total. The second-order valence-electron chi connectivity index (χ2n) is 4.10. The van der Waals surface area contributed by atoms with Crippen LogP contribution in [-0.4, -0.2) is 29.5 Å². The smallest absolute Gasteiger partial charge is 0.0633 e. The minimum Gasteiger partial charge on any atom is -0.396 e. The van der Waals surface area contributed by atoms with Gasteiger partial charge in [0.25, 0.3) is 0 Å². The Morgan fingerprint density at radius 2 is 1.76 bits per heavy atom. The molecule has 0 spiro atoms. The van der Waals surface area contributed by atoms with Crippen LogP contribution in [0.15, 0.2) is 42.5 Å². The van der Waals surface area contributed by atoms with Crippen molar-refractivity contribution in [1.82, 2.24) is 0 Å². The van der Waals surface area contributed by atoms with Crippen molar-refractivity contribution >= 4 is 16.5 Å². The predicted octanol–water partition coefficient (Wildman–Crippen LogP) is 1.99. The third kappa shape index (κ3) is 2.96. The van der Waals surface area contributed by atoms with E-state index in [-0.39, 0.29) is 19.3 Å². The molecule has 3 N–H and O–H groups in total. The van der Waals surface area contributed by atoms with Crippen LogP contribution in [0.25, 0.3) is 10.8 Å². The molecule has 0 radical (unpaired) electrons. The Labute approximate surface area is 101 Å². The molecule has 0 aliphatic heterocycles. The van der Waals surface area contributed by atoms with Gasteiger partial charge < -0.3 is 15.5 Å². The van der Waals surface area contributed by atoms with Crippen molar-refractivity contribution in [1.29, 1.82) is 0 Å². The van der Waals surface area contributed by atoms with Crippen LogP contribution in [0.5, 0.6) is 0 Å². The number of fused-ring (bicyclic) bond motifs is 1. The van der Waals surface area contributed by atoms with E-state index in [1.807, 2.05) is 24.3 Å². The molecule has 0 saturated heterocycles. The van der Waals surface area contributed by atoms with E-state index in [0.717, 1.165) is 11.1 Å². The van der Waals surface area contributed by atoms with E-state index in [1.54, 1.807) is 0 Å². The van der Waals surface area contributed by atoms with Crippen molar-refractivity contribution in [2.45, 2.75) is 12.5 Å². The van der Waals surface area contributed by atoms with Gasteiger partial charge in [-0.25, -0.2) is 0 Å². The molecule has 0 aliphatic rings. The van der Waals surface area contributed by atoms with E-state index in [2.05, 4.69) is 23.5 Å². The predicted molar refractivity (Wildman–Crippen MR) is 70.1 cm³/mol. The quantitative estimate of drug-likeness (QED) is 0.737. The summed E-state index contributed by atoms with van der Waals surface area (Å²) in [6, 6.07) is 14.1. The third-order valence-corrected chi connectivity index (χ3v) is 2.82. The van der Waals surface area contributed by atoms with Gasteiger partial charge in [-0.05, 0) is 29.3 Å². The molecule has 1 unspecified atom stereocenters. The standard InChI is InChI=1S/C14H17NO2/c16-8-7-14(10-17)15-13-6-5-11-3-1-2-4-12(11)9-13/h1-6,9,14-17H,7-8,10H2. The van der Waals surface area contributed by atoms with Crippen LogP contribution < -0.4 is 5.32 Å². The van der Waals surface area contributed by atoms with Gasteiger partial charge in [-0.2, -0.15) is 0 Å². The molecule has 0 amide bonds. The number of rotatable bonds is 5. The zero-order valence-corrected chi connectivity index (χ0v) is 9.63. The lowest BCUT2D eigenvalue weighted by Crippen LogP contribution is -2.24. The molecule has 3 heteroatoms. The van der Waals surface area contributed by atoms with E-state index in [4.69, 9.17) is 10.2 Å². The van der Waals surface area contributed by atoms with Gasteiger partial charge in [0.2, 0.25) is 0 Å². The molecule has 0 aliphatic carbocycles. The monoisotopic (exact) mass is 231 g/mol. The Bertz CT molecular complexity index is 484. The summed E-state index contributed by atoms with van der Waals surface area (Å²) >= 11 is 0. The number of anilines is 1. The van der Waals surface area contributed by atoms with Gasteiger partial charge in [-0.3, -0.25) is 0 Å². The van der Waals surface area contributed by atoms with Gasteiger partial charge in [0.15, 0.2) is 0 Å². The first-order valence-electron chi connectivity index (χ1n) is 5.80. The lowest BCUT2D eigenvalue weighted by Gasteiger charge is -2.16. The summed E-state index contributed by atoms with van der Waals surface area (Å²) < 4.78 is 0. The highest BCUT2D eigenvalue weighted by Gasteiger charge is 2.06. The topological polar surface area (TPSA) is 52.5 Å². The first-order valence-corrected chi connectivity index (χ1v) is 5.80. The zero-order valence-electron chi connectivity index (χ0n) is 9.63. The first kappa shape index (κ1) is 11.9. The number of hydrogen-bond acceptors (Lipinski definition) is 3. The lowest BCUT2D eigenvalue weighted by atomic mass is 10.1. The highest BCUT2D eigenvalue weighted by atomic mass is 16.3. The SMILES string of the molecule is OCCC(CO)Nc1ccc2ccccc2c1. The average molecular weight is 231 g/mol. The van der Waals surface area contributed by atoms with Crippen LogP contribution >= 0.6 is 0 Å². The normalized spacial score (nSPS) is 12.6. The summed E-state index contributed by atoms with van der Waals surface area (Å²) in [5, 5.41) is 23.6. The van der Waals surface area contributed by atoms with Crippen LogP contribution in [0.1, 0.15) is 6.42 Å². The van der Waals surface area contributed by atoms with Crippen LogP contribution in [-0.2, 0) is 0 Å². The van der Waals surface area contributed by atoms with Gasteiger partial charge in [0.1, 0.15) is 0 Å². The molecule has 2 aromatic carbocycles. The number of hydrogen-bond donors (Lipinski definition) is 3. The van der Waals surface area contributed by atoms with Crippen LogP contribution in [0, 0.1) is 0 Å². The van der Waals surface area contributed by atoms with Crippen molar-refractivity contribution < 1.29 is 10.2 Å². The Morgan fingerprint density at radius 1 is 1.00 bits per heavy atom. The second-order valence-corrected chi connectivity index (χ2v) is 4.10. The maximum absolute atomic E-state index is 9.16. The molecule has 17 heavy (non-hydrogen) atoms. The van der Waals surface area contributed by atoms with E-state index in [1.165, 1.54) is 5.39 Å². The molecule has 2 rings (SSSR count). The summed E-state index contributed by atoms with van der Waals surface area (Å²) in [6.45, 7) is 0.0964. The van der Waals surface area contributed by atoms with Gasteiger partial charge in [0, 0.05) is 12.3 Å². The molecular formula is C14H17NO2. The number of benzene rings is 2. The largest absolute Gasteiger partial charge is 0.396 e. The van der Waals surface area contributed by atoms with Crippen LogP contribution in [0.4, 0.5) is 5.69 Å². The second kappa shape index (κ2) is 5.66. The van der Waals surface area contributed by atoms with Crippen molar-refractivity contribution in [3.63, 3.8) is 0 Å². The fourth-order valence-electron chi connectivity index (χ4n) is 1.88. The number of aliphatic hydroxyl groups is 2. The van der Waals surface area contributed by atoms with Crippen molar-refractivity contribution in [3.8, 4) is 0 Å². The summed E-state index contributed by atoms with van der Waals surface area (Å²) in [4.78, 5) is 0. The Balaban J connectivity index is 2.18. The Hall–Kier alpha value is -1.58. The number of aliphatic hydroxyl groups excluding tert-OH is 2. The highest BCUT2D eigenvalue weighted by Crippen LogP contribution is 2.19. The van der Waals surface area contributed by atoms with Crippen molar-refractivity contribution in [3.05, 3.63) is 42.5 Å². The molecule has 2 aromatic rings. The Kier molecular flexibility index (Phi) is 3.96. The highest BCUT2D eigenvalue weighted by molar-refractivity contribution is 5.85. The van der Waals surface area contributed by atoms with Gasteiger partial charge >= 0.3 is 0 Å². The third-order valence-electron chi connectivity index (χ3n) is 2.82. The number of nitrogens with one attached hydrogen (secondary N) is 1. The van der Waals surface area contributed by atoms with Crippen LogP contribution in [0.3, 0.4) is 0 Å². The molecule has 0 aromatic heterocycles. The summed E-state index contributed by atoms with van der Waals surface area (Å²) in [5.74, 6) is 0. The van der Waals surface area contributed by atoms with E-state index in [9.17, 15) is 0 Å². The summed E-state index contributed by atoms with van der Waals surface area (Å²) in [7, 11) is 0. The van der Waals surface area contributed by atoms with Gasteiger partial charge in [-0.15, -0.1) is 0 Å². The maximum Gasteiger partial charge on any atom is 0.0633 e. The van der Waals surface area contributed by atoms with E-state index < -0.39 is 0 Å². The molecule has 1 atom stereocenters. The first-order chi connectivity index (χ1) is 8.33. The molecular weight excluding hydrogens is 214 g/mol. The zero-order chi connectivity index (χ0) is 12.1. The van der Waals surface area contributed by atoms with Gasteiger partial charge in [0.05, 0.1) is 12.6 Å². The molecule has 0 saturated carbocycles.